The van der Waals surface area contributed by atoms with Crippen LogP contribution in [0.3, 0.4) is 0 Å². The summed E-state index contributed by atoms with van der Waals surface area (Å²) >= 11 is 6.01. The zero-order valence-electron chi connectivity index (χ0n) is 9.13. The molecule has 0 bridgehead atoms. The zero-order valence-corrected chi connectivity index (χ0v) is 9.89. The Hall–Kier alpha value is -0.530. The first-order chi connectivity index (χ1) is 6.37. The summed E-state index contributed by atoms with van der Waals surface area (Å²) in [7, 11) is 0. The Morgan fingerprint density at radius 1 is 1.36 bits per heavy atom. The summed E-state index contributed by atoms with van der Waals surface area (Å²) in [5.41, 5.74) is 1.07. The maximum Gasteiger partial charge on any atom is 0.0894 e. The van der Waals surface area contributed by atoms with Gasteiger partial charge in [-0.1, -0.05) is 37.6 Å². The number of hydrogen-bond donors (Lipinski definition) is 1. The standard InChI is InChI=1S/C12H17ClO/c1-8(2)12(4,14)10-6-5-7-11(13)9(10)3/h5-8,14H,1-4H3/t12-/m0/s1. The van der Waals surface area contributed by atoms with Crippen LogP contribution in [-0.2, 0) is 5.60 Å². The molecule has 1 rings (SSSR count). The van der Waals surface area contributed by atoms with Crippen molar-refractivity contribution in [2.75, 3.05) is 0 Å². The van der Waals surface area contributed by atoms with Crippen molar-refractivity contribution in [3.8, 4) is 0 Å². The van der Waals surface area contributed by atoms with Crippen molar-refractivity contribution in [3.63, 3.8) is 0 Å². The minimum Gasteiger partial charge on any atom is -0.385 e. The molecule has 2 heteroatoms. The van der Waals surface area contributed by atoms with Crippen LogP contribution in [0, 0.1) is 12.8 Å². The maximum absolute atomic E-state index is 10.3. The lowest BCUT2D eigenvalue weighted by molar-refractivity contribution is 0.00848. The predicted molar refractivity (Wildman–Crippen MR) is 60.6 cm³/mol. The first-order valence-electron chi connectivity index (χ1n) is 4.85. The van der Waals surface area contributed by atoms with Gasteiger partial charge in [0.25, 0.3) is 0 Å². The second-order valence-electron chi connectivity index (χ2n) is 4.21. The Bertz CT molecular complexity index is 329. The van der Waals surface area contributed by atoms with Crippen LogP contribution in [0.1, 0.15) is 31.9 Å². The molecular weight excluding hydrogens is 196 g/mol. The van der Waals surface area contributed by atoms with Crippen LogP contribution >= 0.6 is 11.6 Å². The molecule has 1 N–H and O–H groups in total. The van der Waals surface area contributed by atoms with E-state index in [9.17, 15) is 5.11 Å². The fourth-order valence-corrected chi connectivity index (χ4v) is 1.64. The summed E-state index contributed by atoms with van der Waals surface area (Å²) in [5, 5.41) is 11.0. The van der Waals surface area contributed by atoms with E-state index in [1.54, 1.807) is 0 Å². The molecule has 0 radical (unpaired) electrons. The molecule has 0 aliphatic carbocycles. The molecule has 0 heterocycles. The Kier molecular flexibility index (Phi) is 3.23. The fourth-order valence-electron chi connectivity index (χ4n) is 1.47. The zero-order chi connectivity index (χ0) is 10.9. The minimum atomic E-state index is -0.811. The summed E-state index contributed by atoms with van der Waals surface area (Å²) in [5.74, 6) is 0.166. The second kappa shape index (κ2) is 3.92. The molecular formula is C12H17ClO. The molecule has 0 unspecified atom stereocenters. The van der Waals surface area contributed by atoms with Crippen LogP contribution in [-0.4, -0.2) is 5.11 Å². The van der Waals surface area contributed by atoms with Crippen molar-refractivity contribution in [1.82, 2.24) is 0 Å². The lowest BCUT2D eigenvalue weighted by atomic mass is 9.83. The molecule has 0 saturated carbocycles. The summed E-state index contributed by atoms with van der Waals surface area (Å²) in [6.07, 6.45) is 0. The highest BCUT2D eigenvalue weighted by Crippen LogP contribution is 2.33. The summed E-state index contributed by atoms with van der Waals surface area (Å²) < 4.78 is 0. The Morgan fingerprint density at radius 3 is 2.43 bits per heavy atom. The first kappa shape index (κ1) is 11.5. The molecule has 1 atom stereocenters. The van der Waals surface area contributed by atoms with Crippen LogP contribution < -0.4 is 0 Å². The van der Waals surface area contributed by atoms with Gasteiger partial charge in [0.1, 0.15) is 0 Å². The maximum atomic E-state index is 10.3. The van der Waals surface area contributed by atoms with Crippen LogP contribution in [0.5, 0.6) is 0 Å². The van der Waals surface area contributed by atoms with E-state index in [0.29, 0.717) is 5.02 Å². The van der Waals surface area contributed by atoms with Gasteiger partial charge in [-0.3, -0.25) is 0 Å². The molecule has 0 spiro atoms. The smallest absolute Gasteiger partial charge is 0.0894 e. The van der Waals surface area contributed by atoms with Crippen molar-refractivity contribution in [2.45, 2.75) is 33.3 Å². The van der Waals surface area contributed by atoms with Gasteiger partial charge < -0.3 is 5.11 Å². The van der Waals surface area contributed by atoms with Crippen molar-refractivity contribution >= 4 is 11.6 Å². The van der Waals surface area contributed by atoms with Gasteiger partial charge in [0, 0.05) is 5.02 Å². The molecule has 1 aromatic carbocycles. The van der Waals surface area contributed by atoms with Crippen molar-refractivity contribution in [1.29, 1.82) is 0 Å². The normalized spacial score (nSPS) is 15.6. The summed E-state index contributed by atoms with van der Waals surface area (Å²) in [6, 6.07) is 5.65. The third kappa shape index (κ3) is 1.94. The Labute approximate surface area is 90.7 Å². The molecule has 1 nitrogen and oxygen atoms in total. The molecule has 0 amide bonds. The van der Waals surface area contributed by atoms with Crippen molar-refractivity contribution in [2.24, 2.45) is 5.92 Å². The monoisotopic (exact) mass is 212 g/mol. The Balaban J connectivity index is 3.26. The highest BCUT2D eigenvalue weighted by molar-refractivity contribution is 6.31. The van der Waals surface area contributed by atoms with Gasteiger partial charge >= 0.3 is 0 Å². The number of rotatable bonds is 2. The van der Waals surface area contributed by atoms with Gasteiger partial charge in [0.15, 0.2) is 0 Å². The van der Waals surface area contributed by atoms with E-state index >= 15 is 0 Å². The van der Waals surface area contributed by atoms with Gasteiger partial charge in [-0.25, -0.2) is 0 Å². The van der Waals surface area contributed by atoms with Crippen molar-refractivity contribution < 1.29 is 5.11 Å². The first-order valence-corrected chi connectivity index (χ1v) is 5.23. The average molecular weight is 213 g/mol. The van der Waals surface area contributed by atoms with Crippen LogP contribution in [0.2, 0.25) is 5.02 Å². The van der Waals surface area contributed by atoms with Crippen molar-refractivity contribution in [3.05, 3.63) is 34.3 Å². The van der Waals surface area contributed by atoms with Crippen LogP contribution in [0.25, 0.3) is 0 Å². The quantitative estimate of drug-likeness (QED) is 0.796. The van der Waals surface area contributed by atoms with Gasteiger partial charge in [0.05, 0.1) is 5.60 Å². The van der Waals surface area contributed by atoms with Gasteiger partial charge in [-0.2, -0.15) is 0 Å². The van der Waals surface area contributed by atoms with E-state index in [2.05, 4.69) is 0 Å². The van der Waals surface area contributed by atoms with E-state index in [1.807, 2.05) is 45.9 Å². The average Bonchev–Trinajstić information content (AvgIpc) is 2.09. The third-order valence-corrected chi connectivity index (χ3v) is 3.35. The van der Waals surface area contributed by atoms with Crippen LogP contribution in [0.15, 0.2) is 18.2 Å². The fraction of sp³-hybridized carbons (Fsp3) is 0.500. The molecule has 14 heavy (non-hydrogen) atoms. The second-order valence-corrected chi connectivity index (χ2v) is 4.62. The number of benzene rings is 1. The van der Waals surface area contributed by atoms with Gasteiger partial charge in [-0.05, 0) is 37.0 Å². The lowest BCUT2D eigenvalue weighted by Crippen LogP contribution is -2.28. The number of halogens is 1. The molecule has 0 fully saturated rings. The third-order valence-electron chi connectivity index (χ3n) is 2.94. The highest BCUT2D eigenvalue weighted by Gasteiger charge is 2.29. The lowest BCUT2D eigenvalue weighted by Gasteiger charge is -2.30. The van der Waals surface area contributed by atoms with Gasteiger partial charge in [0.2, 0.25) is 0 Å². The molecule has 0 saturated heterocycles. The number of aliphatic hydroxyl groups is 1. The number of hydrogen-bond acceptors (Lipinski definition) is 1. The minimum absolute atomic E-state index is 0.166. The largest absolute Gasteiger partial charge is 0.385 e. The SMILES string of the molecule is Cc1c(Cl)cccc1[C@@](C)(O)C(C)C. The molecule has 78 valence electrons. The van der Waals surface area contributed by atoms with Crippen LogP contribution in [0.4, 0.5) is 0 Å². The topological polar surface area (TPSA) is 20.2 Å². The van der Waals surface area contributed by atoms with E-state index < -0.39 is 5.60 Å². The van der Waals surface area contributed by atoms with E-state index in [4.69, 9.17) is 11.6 Å². The van der Waals surface area contributed by atoms with E-state index in [-0.39, 0.29) is 5.92 Å². The Morgan fingerprint density at radius 2 is 1.93 bits per heavy atom. The molecule has 0 aliphatic heterocycles. The summed E-state index contributed by atoms with van der Waals surface area (Å²) in [6.45, 7) is 7.77. The predicted octanol–water partition coefficient (Wildman–Crippen LogP) is 3.51. The molecule has 0 aliphatic rings. The highest BCUT2D eigenvalue weighted by atomic mass is 35.5. The van der Waals surface area contributed by atoms with Gasteiger partial charge in [-0.15, -0.1) is 0 Å². The summed E-state index contributed by atoms with van der Waals surface area (Å²) in [4.78, 5) is 0. The van der Waals surface area contributed by atoms with E-state index in [1.165, 1.54) is 0 Å². The van der Waals surface area contributed by atoms with E-state index in [0.717, 1.165) is 11.1 Å². The molecule has 1 aromatic rings. The molecule has 0 aromatic heterocycles.